The Hall–Kier alpha value is -2.65. The van der Waals surface area contributed by atoms with Crippen LogP contribution in [0.15, 0.2) is 54.7 Å². The molecule has 0 atom stereocenters. The van der Waals surface area contributed by atoms with E-state index < -0.39 is 11.2 Å². The van der Waals surface area contributed by atoms with Crippen LogP contribution in [0.5, 0.6) is 0 Å². The summed E-state index contributed by atoms with van der Waals surface area (Å²) in [6.45, 7) is 1.25. The Balaban J connectivity index is 1.54. The zero-order valence-corrected chi connectivity index (χ0v) is 18.6. The van der Waals surface area contributed by atoms with Crippen LogP contribution in [0.25, 0.3) is 0 Å². The van der Waals surface area contributed by atoms with Crippen molar-refractivity contribution in [1.82, 2.24) is 9.97 Å². The number of benzene rings is 2. The van der Waals surface area contributed by atoms with Crippen LogP contribution in [0.3, 0.4) is 0 Å². The fraction of sp³-hybridized carbons (Fsp3) is 0.217. The molecule has 31 heavy (non-hydrogen) atoms. The zero-order chi connectivity index (χ0) is 22.0. The molecule has 0 radical (unpaired) electrons. The molecule has 5 nitrogen and oxygen atoms in total. The largest absolute Gasteiger partial charge is 0.355 e. The molecule has 2 heterocycles. The summed E-state index contributed by atoms with van der Waals surface area (Å²) >= 11 is 18.5. The van der Waals surface area contributed by atoms with Crippen LogP contribution in [-0.2, 0) is 5.41 Å². The molecule has 0 amide bonds. The first-order valence-corrected chi connectivity index (χ1v) is 10.8. The van der Waals surface area contributed by atoms with E-state index in [9.17, 15) is 10.1 Å². The van der Waals surface area contributed by atoms with Gasteiger partial charge in [0.15, 0.2) is 5.15 Å². The molecule has 1 fully saturated rings. The number of hydrogen-bond acceptors (Lipinski definition) is 5. The number of carbonyl (C=O) groups excluding carboxylic acids is 1. The van der Waals surface area contributed by atoms with Crippen molar-refractivity contribution >= 4 is 46.4 Å². The van der Waals surface area contributed by atoms with E-state index in [0.29, 0.717) is 31.7 Å². The lowest BCUT2D eigenvalue weighted by Gasteiger charge is -2.38. The number of nitriles is 1. The molecule has 0 bridgehead atoms. The molecular formula is C23H17Cl3N4O. The quantitative estimate of drug-likeness (QED) is 0.454. The molecular weight excluding hydrogens is 455 g/mol. The Morgan fingerprint density at radius 1 is 1.03 bits per heavy atom. The van der Waals surface area contributed by atoms with Crippen LogP contribution in [0.4, 0.5) is 5.82 Å². The summed E-state index contributed by atoms with van der Waals surface area (Å²) in [4.78, 5) is 23.5. The van der Waals surface area contributed by atoms with Crippen LogP contribution in [-0.4, -0.2) is 28.8 Å². The molecule has 4 rings (SSSR count). The van der Waals surface area contributed by atoms with Gasteiger partial charge in [0.05, 0.1) is 27.7 Å². The van der Waals surface area contributed by atoms with Gasteiger partial charge in [0.25, 0.3) is 0 Å². The molecule has 8 heteroatoms. The van der Waals surface area contributed by atoms with Crippen molar-refractivity contribution in [3.8, 4) is 6.07 Å². The van der Waals surface area contributed by atoms with Crippen LogP contribution in [0.2, 0.25) is 15.2 Å². The average molecular weight is 472 g/mol. The van der Waals surface area contributed by atoms with Crippen LogP contribution < -0.4 is 4.90 Å². The molecule has 2 aromatic carbocycles. The maximum absolute atomic E-state index is 12.8. The Kier molecular flexibility index (Phi) is 6.15. The Morgan fingerprint density at radius 3 is 2.39 bits per heavy atom. The van der Waals surface area contributed by atoms with Gasteiger partial charge in [-0.2, -0.15) is 5.26 Å². The molecule has 0 unspecified atom stereocenters. The predicted molar refractivity (Wildman–Crippen MR) is 122 cm³/mol. The van der Waals surface area contributed by atoms with Gasteiger partial charge in [0.1, 0.15) is 11.5 Å². The van der Waals surface area contributed by atoms with Crippen molar-refractivity contribution < 1.29 is 4.79 Å². The predicted octanol–water partition coefficient (Wildman–Crippen LogP) is 5.73. The Labute approximate surface area is 195 Å². The van der Waals surface area contributed by atoms with E-state index >= 15 is 0 Å². The van der Waals surface area contributed by atoms with Crippen LogP contribution in [0, 0.1) is 11.3 Å². The third-order valence-corrected chi connectivity index (χ3v) is 6.69. The maximum Gasteiger partial charge on any atom is 0.216 e. The number of halogens is 3. The first-order chi connectivity index (χ1) is 14.9. The van der Waals surface area contributed by atoms with Gasteiger partial charge in [-0.1, -0.05) is 71.2 Å². The molecule has 1 aromatic heterocycles. The second-order valence-electron chi connectivity index (χ2n) is 7.35. The number of aromatic nitrogens is 2. The summed E-state index contributed by atoms with van der Waals surface area (Å²) in [7, 11) is 0. The second kappa shape index (κ2) is 8.84. The SMILES string of the molecule is N#CC1(c2ccccc2)CCN(c2cnc(C(=O)c3cccc(Cl)c3Cl)c(Cl)n2)CC1. The Morgan fingerprint density at radius 2 is 1.74 bits per heavy atom. The van der Waals surface area contributed by atoms with E-state index in [2.05, 4.69) is 16.0 Å². The summed E-state index contributed by atoms with van der Waals surface area (Å²) in [6.07, 6.45) is 2.84. The summed E-state index contributed by atoms with van der Waals surface area (Å²) in [5, 5.41) is 10.3. The van der Waals surface area contributed by atoms with Crippen LogP contribution >= 0.6 is 34.8 Å². The molecule has 1 aliphatic rings. The summed E-state index contributed by atoms with van der Waals surface area (Å²) in [5.74, 6) is 0.126. The highest BCUT2D eigenvalue weighted by Crippen LogP contribution is 2.36. The minimum Gasteiger partial charge on any atom is -0.355 e. The molecule has 0 saturated carbocycles. The monoisotopic (exact) mass is 470 g/mol. The van der Waals surface area contributed by atoms with E-state index in [1.165, 1.54) is 6.20 Å². The molecule has 0 aliphatic carbocycles. The van der Waals surface area contributed by atoms with E-state index in [0.717, 1.165) is 5.56 Å². The lowest BCUT2D eigenvalue weighted by Crippen LogP contribution is -2.42. The van der Waals surface area contributed by atoms with E-state index in [1.807, 2.05) is 35.2 Å². The highest BCUT2D eigenvalue weighted by atomic mass is 35.5. The fourth-order valence-corrected chi connectivity index (χ4v) is 4.42. The number of piperidine rings is 1. The Bertz CT molecular complexity index is 1170. The molecule has 0 spiro atoms. The van der Waals surface area contributed by atoms with Crippen molar-refractivity contribution in [1.29, 1.82) is 5.26 Å². The average Bonchev–Trinajstić information content (AvgIpc) is 2.81. The molecule has 3 aromatic rings. The number of rotatable bonds is 4. The number of anilines is 1. The topological polar surface area (TPSA) is 69.9 Å². The minimum atomic E-state index is -0.520. The van der Waals surface area contributed by atoms with Gasteiger partial charge in [-0.3, -0.25) is 4.79 Å². The van der Waals surface area contributed by atoms with Crippen molar-refractivity contribution in [2.24, 2.45) is 0 Å². The standard InChI is InChI=1S/C23H17Cl3N4O/c24-17-8-4-7-16(19(17)25)21(31)20-22(26)29-18(13-28-20)30-11-9-23(14-27,10-12-30)15-5-2-1-3-6-15/h1-8,13H,9-12H2. The molecule has 0 N–H and O–H groups in total. The lowest BCUT2D eigenvalue weighted by atomic mass is 9.74. The fourth-order valence-electron chi connectivity index (χ4n) is 3.81. The third-order valence-electron chi connectivity index (χ3n) is 5.61. The first kappa shape index (κ1) is 21.6. The van der Waals surface area contributed by atoms with Crippen molar-refractivity contribution in [3.63, 3.8) is 0 Å². The van der Waals surface area contributed by atoms with Gasteiger partial charge in [0, 0.05) is 18.7 Å². The zero-order valence-electron chi connectivity index (χ0n) is 16.4. The van der Waals surface area contributed by atoms with E-state index in [1.54, 1.807) is 18.2 Å². The van der Waals surface area contributed by atoms with Gasteiger partial charge in [-0.05, 0) is 30.5 Å². The van der Waals surface area contributed by atoms with Crippen LogP contribution in [0.1, 0.15) is 34.5 Å². The molecule has 1 saturated heterocycles. The van der Waals surface area contributed by atoms with Gasteiger partial charge in [0.2, 0.25) is 5.78 Å². The van der Waals surface area contributed by atoms with E-state index in [4.69, 9.17) is 34.8 Å². The number of hydrogen-bond donors (Lipinski definition) is 0. The highest BCUT2D eigenvalue weighted by molar-refractivity contribution is 6.44. The lowest BCUT2D eigenvalue weighted by molar-refractivity contribution is 0.103. The van der Waals surface area contributed by atoms with E-state index in [-0.39, 0.29) is 26.5 Å². The third kappa shape index (κ3) is 4.12. The summed E-state index contributed by atoms with van der Waals surface area (Å²) in [5.41, 5.74) is 0.745. The molecule has 1 aliphatic heterocycles. The minimum absolute atomic E-state index is 0.00118. The second-order valence-corrected chi connectivity index (χ2v) is 8.49. The van der Waals surface area contributed by atoms with Crippen molar-refractivity contribution in [2.45, 2.75) is 18.3 Å². The van der Waals surface area contributed by atoms with Gasteiger partial charge in [-0.25, -0.2) is 9.97 Å². The summed E-state index contributed by atoms with van der Waals surface area (Å²) in [6, 6.07) is 17.2. The first-order valence-electron chi connectivity index (χ1n) is 9.68. The highest BCUT2D eigenvalue weighted by Gasteiger charge is 2.37. The van der Waals surface area contributed by atoms with Crippen molar-refractivity contribution in [2.75, 3.05) is 18.0 Å². The van der Waals surface area contributed by atoms with Gasteiger partial charge < -0.3 is 4.90 Å². The van der Waals surface area contributed by atoms with Gasteiger partial charge in [-0.15, -0.1) is 0 Å². The normalized spacial score (nSPS) is 15.4. The summed E-state index contributed by atoms with van der Waals surface area (Å²) < 4.78 is 0. The number of carbonyl (C=O) groups is 1. The van der Waals surface area contributed by atoms with Gasteiger partial charge >= 0.3 is 0 Å². The maximum atomic E-state index is 12.8. The molecule has 156 valence electrons. The number of ketones is 1. The smallest absolute Gasteiger partial charge is 0.216 e. The number of nitrogens with zero attached hydrogens (tertiary/aromatic N) is 4. The van der Waals surface area contributed by atoms with Crippen molar-refractivity contribution in [3.05, 3.63) is 86.7 Å².